The highest BCUT2D eigenvalue weighted by atomic mass is 32.1. The number of carbonyl (C=O) groups excluding carboxylic acids is 1. The van der Waals surface area contributed by atoms with E-state index in [0.717, 1.165) is 59.5 Å². The second-order valence-electron chi connectivity index (χ2n) is 10.0. The van der Waals surface area contributed by atoms with Gasteiger partial charge in [0.2, 0.25) is 11.8 Å². The molecule has 2 fully saturated rings. The van der Waals surface area contributed by atoms with Gasteiger partial charge in [0, 0.05) is 53.8 Å². The van der Waals surface area contributed by atoms with Crippen LogP contribution in [0.1, 0.15) is 76.3 Å². The first-order valence-electron chi connectivity index (χ1n) is 12.1. The van der Waals surface area contributed by atoms with Gasteiger partial charge in [-0.05, 0) is 57.9 Å². The summed E-state index contributed by atoms with van der Waals surface area (Å²) in [4.78, 5) is 26.1. The lowest BCUT2D eigenvalue weighted by molar-refractivity contribution is -0.121. The Bertz CT molecular complexity index is 975. The molecule has 2 aliphatic carbocycles. The van der Waals surface area contributed by atoms with Gasteiger partial charge in [0.1, 0.15) is 0 Å². The topological polar surface area (TPSA) is 58.1 Å². The van der Waals surface area contributed by atoms with E-state index in [0.29, 0.717) is 18.4 Å². The highest BCUT2D eigenvalue weighted by Crippen LogP contribution is 2.49. The van der Waals surface area contributed by atoms with Gasteiger partial charge in [-0.1, -0.05) is 0 Å². The van der Waals surface area contributed by atoms with Crippen LogP contribution in [-0.4, -0.2) is 45.8 Å². The predicted octanol–water partition coefficient (Wildman–Crippen LogP) is 5.09. The second kappa shape index (κ2) is 9.66. The van der Waals surface area contributed by atoms with E-state index in [2.05, 4.69) is 15.2 Å². The molecule has 33 heavy (non-hydrogen) atoms. The first-order chi connectivity index (χ1) is 15.8. The fourth-order valence-electron chi connectivity index (χ4n) is 5.36. The number of aromatic nitrogens is 2. The molecule has 2 aromatic rings. The zero-order chi connectivity index (χ0) is 23.0. The summed E-state index contributed by atoms with van der Waals surface area (Å²) in [5.41, 5.74) is 1.12. The highest BCUT2D eigenvalue weighted by Gasteiger charge is 2.47. The number of amides is 1. The molecule has 3 aliphatic rings. The summed E-state index contributed by atoms with van der Waals surface area (Å²) >= 11 is 3.26. The number of hydrogen-bond donors (Lipinski definition) is 1. The van der Waals surface area contributed by atoms with Crippen molar-refractivity contribution in [1.29, 1.82) is 0 Å². The number of rotatable bonds is 7. The lowest BCUT2D eigenvalue weighted by Crippen LogP contribution is -2.39. The number of alkyl halides is 2. The Balaban J connectivity index is 1.02. The van der Waals surface area contributed by atoms with Crippen LogP contribution in [0.2, 0.25) is 0 Å². The van der Waals surface area contributed by atoms with Crippen LogP contribution in [0.25, 0.3) is 0 Å². The number of carbonyl (C=O) groups is 1. The zero-order valence-electron chi connectivity index (χ0n) is 19.1. The third kappa shape index (κ3) is 5.80. The largest absolute Gasteiger partial charge is 0.353 e. The van der Waals surface area contributed by atoms with E-state index in [1.807, 2.05) is 6.92 Å². The quantitative estimate of drug-likeness (QED) is 0.583. The fraction of sp³-hybridized carbons (Fsp3) is 0.708. The molecule has 0 aromatic carbocycles. The van der Waals surface area contributed by atoms with Crippen LogP contribution < -0.4 is 5.32 Å². The van der Waals surface area contributed by atoms with Crippen molar-refractivity contribution in [2.24, 2.45) is 5.92 Å². The Morgan fingerprint density at radius 1 is 1.24 bits per heavy atom. The molecule has 5 rings (SSSR count). The molecule has 0 unspecified atom stereocenters. The van der Waals surface area contributed by atoms with Gasteiger partial charge in [-0.25, -0.2) is 18.7 Å². The van der Waals surface area contributed by atoms with Crippen LogP contribution in [0, 0.1) is 12.8 Å². The summed E-state index contributed by atoms with van der Waals surface area (Å²) in [6, 6.07) is 0.299. The summed E-state index contributed by atoms with van der Waals surface area (Å²) in [5, 5.41) is 5.15. The maximum Gasteiger partial charge on any atom is 0.249 e. The maximum atomic E-state index is 13.2. The number of aryl methyl sites for hydroxylation is 1. The Kier molecular flexibility index (Phi) is 6.82. The Morgan fingerprint density at radius 2 is 2.03 bits per heavy atom. The predicted molar refractivity (Wildman–Crippen MR) is 127 cm³/mol. The van der Waals surface area contributed by atoms with Crippen molar-refractivity contribution >= 4 is 28.6 Å². The third-order valence-corrected chi connectivity index (χ3v) is 9.56. The number of nitrogens with one attached hydrogen (secondary N) is 1. The van der Waals surface area contributed by atoms with Crippen LogP contribution in [-0.2, 0) is 24.2 Å². The van der Waals surface area contributed by atoms with E-state index in [1.54, 1.807) is 28.9 Å². The molecule has 1 amide bonds. The molecular formula is C24H32F2N4OS2. The van der Waals surface area contributed by atoms with Crippen molar-refractivity contribution in [3.8, 4) is 0 Å². The summed E-state index contributed by atoms with van der Waals surface area (Å²) in [5.74, 6) is -1.69. The standard InChI is InChI=1S/C24H32F2N4OS2/c1-15-27-13-19(32-15)10-22(31)28-18-4-2-16(3-5-18)6-8-30-9-7-21-20(14-30)29-23(33-21)17-11-24(25,26)12-17/h13,16-18H,2-12,14H2,1H3,(H,28,31). The van der Waals surface area contributed by atoms with Crippen LogP contribution in [0.15, 0.2) is 6.20 Å². The minimum Gasteiger partial charge on any atom is -0.353 e. The molecule has 0 radical (unpaired) electrons. The second-order valence-corrected chi connectivity index (χ2v) is 12.4. The maximum absolute atomic E-state index is 13.2. The SMILES string of the molecule is Cc1ncc(CC(=O)NC2CCC(CCN3CCc4sc(C5CC(F)(F)C5)nc4C3)CC2)s1. The van der Waals surface area contributed by atoms with E-state index in [1.165, 1.54) is 24.1 Å². The molecule has 2 aromatic heterocycles. The summed E-state index contributed by atoms with van der Waals surface area (Å²) in [6.45, 7) is 4.93. The van der Waals surface area contributed by atoms with E-state index >= 15 is 0 Å². The monoisotopic (exact) mass is 494 g/mol. The van der Waals surface area contributed by atoms with Crippen molar-refractivity contribution in [2.75, 3.05) is 13.1 Å². The molecule has 5 nitrogen and oxygen atoms in total. The van der Waals surface area contributed by atoms with E-state index in [-0.39, 0.29) is 24.7 Å². The number of hydrogen-bond acceptors (Lipinski definition) is 6. The van der Waals surface area contributed by atoms with Gasteiger partial charge < -0.3 is 5.32 Å². The highest BCUT2D eigenvalue weighted by molar-refractivity contribution is 7.12. The van der Waals surface area contributed by atoms with E-state index in [4.69, 9.17) is 4.98 Å². The fourth-order valence-corrected chi connectivity index (χ4v) is 7.32. The Hall–Kier alpha value is -1.45. The van der Waals surface area contributed by atoms with Crippen molar-refractivity contribution in [1.82, 2.24) is 20.2 Å². The van der Waals surface area contributed by atoms with Crippen LogP contribution in [0.3, 0.4) is 0 Å². The molecule has 0 saturated heterocycles. The normalized spacial score (nSPS) is 25.4. The van der Waals surface area contributed by atoms with E-state index < -0.39 is 5.92 Å². The van der Waals surface area contributed by atoms with Gasteiger partial charge in [0.05, 0.1) is 22.1 Å². The summed E-state index contributed by atoms with van der Waals surface area (Å²) < 4.78 is 26.4. The van der Waals surface area contributed by atoms with Gasteiger partial charge in [-0.15, -0.1) is 22.7 Å². The van der Waals surface area contributed by atoms with Gasteiger partial charge in [0.25, 0.3) is 0 Å². The van der Waals surface area contributed by atoms with Crippen molar-refractivity contribution in [2.45, 2.75) is 89.1 Å². The van der Waals surface area contributed by atoms with Gasteiger partial charge >= 0.3 is 0 Å². The van der Waals surface area contributed by atoms with Crippen LogP contribution in [0.5, 0.6) is 0 Å². The Labute approximate surface area is 202 Å². The molecule has 1 N–H and O–H groups in total. The number of thiazole rings is 2. The smallest absolute Gasteiger partial charge is 0.249 e. The summed E-state index contributed by atoms with van der Waals surface area (Å²) in [6.07, 6.45) is 8.81. The molecule has 0 atom stereocenters. The molecule has 9 heteroatoms. The number of halogens is 2. The zero-order valence-corrected chi connectivity index (χ0v) is 20.7. The number of nitrogens with zero attached hydrogens (tertiary/aromatic N) is 3. The van der Waals surface area contributed by atoms with Crippen molar-refractivity contribution in [3.63, 3.8) is 0 Å². The minimum absolute atomic E-state index is 0.0306. The average molecular weight is 495 g/mol. The molecular weight excluding hydrogens is 462 g/mol. The third-order valence-electron chi connectivity index (χ3n) is 7.33. The molecule has 2 saturated carbocycles. The molecule has 180 valence electrons. The molecule has 1 aliphatic heterocycles. The lowest BCUT2D eigenvalue weighted by atomic mass is 9.82. The minimum atomic E-state index is -2.48. The van der Waals surface area contributed by atoms with Crippen molar-refractivity contribution in [3.05, 3.63) is 31.7 Å². The molecule has 3 heterocycles. The van der Waals surface area contributed by atoms with Crippen LogP contribution in [0.4, 0.5) is 8.78 Å². The molecule has 0 spiro atoms. The van der Waals surface area contributed by atoms with Crippen LogP contribution >= 0.6 is 22.7 Å². The first kappa shape index (κ1) is 23.3. The lowest BCUT2D eigenvalue weighted by Gasteiger charge is -2.33. The first-order valence-corrected chi connectivity index (χ1v) is 13.8. The Morgan fingerprint density at radius 3 is 2.73 bits per heavy atom. The average Bonchev–Trinajstić information content (AvgIpc) is 3.36. The number of fused-ring (bicyclic) bond motifs is 1. The van der Waals surface area contributed by atoms with E-state index in [9.17, 15) is 13.6 Å². The molecule has 0 bridgehead atoms. The van der Waals surface area contributed by atoms with Crippen molar-refractivity contribution < 1.29 is 13.6 Å². The van der Waals surface area contributed by atoms with Gasteiger partial charge in [0.15, 0.2) is 0 Å². The van der Waals surface area contributed by atoms with Gasteiger partial charge in [-0.2, -0.15) is 0 Å². The van der Waals surface area contributed by atoms with Gasteiger partial charge in [-0.3, -0.25) is 9.69 Å². The summed E-state index contributed by atoms with van der Waals surface area (Å²) in [7, 11) is 0.